The minimum atomic E-state index is -3.90. The summed E-state index contributed by atoms with van der Waals surface area (Å²) in [6.45, 7) is 3.44. The van der Waals surface area contributed by atoms with Crippen molar-refractivity contribution in [3.63, 3.8) is 0 Å². The minimum Gasteiger partial charge on any atom is -0.477 e. The predicted octanol–water partition coefficient (Wildman–Crippen LogP) is 3.03. The fourth-order valence-electron chi connectivity index (χ4n) is 4.02. The second-order valence-corrected chi connectivity index (χ2v) is 10.8. The Labute approximate surface area is 211 Å². The number of rotatable bonds is 7. The predicted molar refractivity (Wildman–Crippen MR) is 137 cm³/mol. The van der Waals surface area contributed by atoms with Gasteiger partial charge in [0.05, 0.1) is 23.7 Å². The van der Waals surface area contributed by atoms with E-state index in [-0.39, 0.29) is 23.9 Å². The van der Waals surface area contributed by atoms with E-state index in [4.69, 9.17) is 4.74 Å². The van der Waals surface area contributed by atoms with E-state index < -0.39 is 22.0 Å². The van der Waals surface area contributed by atoms with Crippen molar-refractivity contribution in [2.24, 2.45) is 0 Å². The van der Waals surface area contributed by atoms with Crippen LogP contribution in [0.3, 0.4) is 0 Å². The number of nitrogens with one attached hydrogen (secondary N) is 1. The van der Waals surface area contributed by atoms with Crippen LogP contribution in [0, 0.1) is 13.8 Å². The number of para-hydroxylation sites is 2. The number of anilines is 1. The average molecular weight is 508 g/mol. The lowest BCUT2D eigenvalue weighted by Crippen LogP contribution is -2.52. The highest BCUT2D eigenvalue weighted by Gasteiger charge is 2.35. The average Bonchev–Trinajstić information content (AvgIpc) is 2.88. The summed E-state index contributed by atoms with van der Waals surface area (Å²) in [4.78, 5) is 27.9. The third-order valence-corrected chi connectivity index (χ3v) is 8.01. The highest BCUT2D eigenvalue weighted by molar-refractivity contribution is 7.89. The summed E-state index contributed by atoms with van der Waals surface area (Å²) < 4.78 is 33.4. The summed E-state index contributed by atoms with van der Waals surface area (Å²) in [6.07, 6.45) is -0.937. The molecule has 0 saturated carbocycles. The molecule has 0 radical (unpaired) electrons. The monoisotopic (exact) mass is 507 g/mol. The van der Waals surface area contributed by atoms with Crippen LogP contribution in [0.15, 0.2) is 77.7 Å². The van der Waals surface area contributed by atoms with Crippen molar-refractivity contribution in [3.8, 4) is 5.75 Å². The molecule has 8 nitrogen and oxygen atoms in total. The first-order valence-electron chi connectivity index (χ1n) is 11.6. The molecule has 36 heavy (non-hydrogen) atoms. The molecule has 0 spiro atoms. The molecule has 1 atom stereocenters. The molecular weight excluding hydrogens is 478 g/mol. The quantitative estimate of drug-likeness (QED) is 0.530. The number of carbonyl (C=O) groups excluding carboxylic acids is 2. The van der Waals surface area contributed by atoms with Crippen LogP contribution in [0.5, 0.6) is 5.75 Å². The number of amides is 2. The van der Waals surface area contributed by atoms with Crippen LogP contribution in [-0.2, 0) is 26.2 Å². The van der Waals surface area contributed by atoms with E-state index in [1.807, 2.05) is 43.3 Å². The van der Waals surface area contributed by atoms with Gasteiger partial charge in [0.1, 0.15) is 5.75 Å². The molecule has 1 aliphatic rings. The van der Waals surface area contributed by atoms with Gasteiger partial charge in [0.2, 0.25) is 15.9 Å². The summed E-state index contributed by atoms with van der Waals surface area (Å²) in [5.74, 6) is -0.428. The fraction of sp³-hybridized carbons (Fsp3) is 0.259. The molecule has 2 amide bonds. The van der Waals surface area contributed by atoms with Crippen molar-refractivity contribution in [3.05, 3.63) is 89.5 Å². The first-order chi connectivity index (χ1) is 17.2. The van der Waals surface area contributed by atoms with Crippen LogP contribution in [0.2, 0.25) is 0 Å². The number of fused-ring (bicyclic) bond motifs is 1. The number of ether oxygens (including phenoxy) is 1. The van der Waals surface area contributed by atoms with Gasteiger partial charge in [-0.25, -0.2) is 8.42 Å². The van der Waals surface area contributed by atoms with Crippen molar-refractivity contribution >= 4 is 27.5 Å². The Morgan fingerprint density at radius 1 is 1.03 bits per heavy atom. The molecule has 9 heteroatoms. The number of nitrogens with zero attached hydrogens (tertiary/aromatic N) is 2. The molecule has 188 valence electrons. The standard InChI is InChI=1S/C27H29N3O5S/c1-19-13-14-20(2)25(15-19)36(33,34)29(3)18-26(31)30-17-24(35-23-12-8-7-11-22(23)30)27(32)28-16-21-9-5-4-6-10-21/h4-15,24H,16-18H2,1-3H3,(H,28,32)/t24-/m0/s1. The molecule has 1 heterocycles. The molecule has 1 aliphatic heterocycles. The molecule has 0 aromatic heterocycles. The number of hydrogen-bond acceptors (Lipinski definition) is 5. The summed E-state index contributed by atoms with van der Waals surface area (Å²) in [5, 5.41) is 2.85. The number of aryl methyl sites for hydroxylation is 2. The Balaban J connectivity index is 1.51. The Morgan fingerprint density at radius 2 is 1.72 bits per heavy atom. The molecule has 3 aromatic carbocycles. The van der Waals surface area contributed by atoms with Crippen LogP contribution in [0.4, 0.5) is 5.69 Å². The topological polar surface area (TPSA) is 96.0 Å². The van der Waals surface area contributed by atoms with Crippen molar-refractivity contribution in [2.45, 2.75) is 31.4 Å². The second kappa shape index (κ2) is 10.5. The van der Waals surface area contributed by atoms with Crippen LogP contribution in [-0.4, -0.2) is 50.8 Å². The van der Waals surface area contributed by atoms with Gasteiger partial charge in [-0.3, -0.25) is 9.59 Å². The zero-order valence-electron chi connectivity index (χ0n) is 20.5. The van der Waals surface area contributed by atoms with Crippen LogP contribution >= 0.6 is 0 Å². The van der Waals surface area contributed by atoms with Crippen molar-refractivity contribution in [1.82, 2.24) is 9.62 Å². The summed E-state index contributed by atoms with van der Waals surface area (Å²) >= 11 is 0. The Hall–Kier alpha value is -3.69. The Bertz CT molecular complexity index is 1380. The van der Waals surface area contributed by atoms with Crippen molar-refractivity contribution in [1.29, 1.82) is 0 Å². The van der Waals surface area contributed by atoms with E-state index >= 15 is 0 Å². The van der Waals surface area contributed by atoms with Crippen LogP contribution in [0.1, 0.15) is 16.7 Å². The zero-order valence-corrected chi connectivity index (χ0v) is 21.3. The lowest BCUT2D eigenvalue weighted by atomic mass is 10.1. The second-order valence-electron chi connectivity index (χ2n) is 8.81. The molecule has 0 bridgehead atoms. The van der Waals surface area contributed by atoms with E-state index in [9.17, 15) is 18.0 Å². The first kappa shape index (κ1) is 25.4. The smallest absolute Gasteiger partial charge is 0.263 e. The molecule has 0 fully saturated rings. The van der Waals surface area contributed by atoms with E-state index in [1.54, 1.807) is 43.3 Å². The zero-order chi connectivity index (χ0) is 25.9. The van der Waals surface area contributed by atoms with Crippen LogP contribution < -0.4 is 15.0 Å². The Kier molecular flexibility index (Phi) is 7.42. The van der Waals surface area contributed by atoms with Gasteiger partial charge in [0, 0.05) is 13.6 Å². The number of hydrogen-bond donors (Lipinski definition) is 1. The van der Waals surface area contributed by atoms with Gasteiger partial charge in [0.25, 0.3) is 5.91 Å². The summed E-state index contributed by atoms with van der Waals surface area (Å²) in [5.41, 5.74) is 2.84. The van der Waals surface area contributed by atoms with Gasteiger partial charge >= 0.3 is 0 Å². The van der Waals surface area contributed by atoms with Crippen molar-refractivity contribution in [2.75, 3.05) is 25.0 Å². The van der Waals surface area contributed by atoms with Gasteiger partial charge in [0.15, 0.2) is 6.10 Å². The SMILES string of the molecule is Cc1ccc(C)c(S(=O)(=O)N(C)CC(=O)N2C[C@@H](C(=O)NCc3ccccc3)Oc3ccccc32)c1. The molecule has 0 unspecified atom stereocenters. The lowest BCUT2D eigenvalue weighted by Gasteiger charge is -2.35. The molecule has 0 saturated heterocycles. The number of sulfonamides is 1. The fourth-order valence-corrected chi connectivity index (χ4v) is 5.45. The lowest BCUT2D eigenvalue weighted by molar-refractivity contribution is -0.128. The maximum absolute atomic E-state index is 13.4. The third kappa shape index (κ3) is 5.42. The number of benzene rings is 3. The van der Waals surface area contributed by atoms with Crippen LogP contribution in [0.25, 0.3) is 0 Å². The molecule has 3 aromatic rings. The first-order valence-corrected chi connectivity index (χ1v) is 13.0. The van der Waals surface area contributed by atoms with E-state index in [2.05, 4.69) is 5.32 Å². The van der Waals surface area contributed by atoms with Gasteiger partial charge in [-0.2, -0.15) is 4.31 Å². The van der Waals surface area contributed by atoms with Gasteiger partial charge < -0.3 is 15.0 Å². The highest BCUT2D eigenvalue weighted by atomic mass is 32.2. The molecule has 4 rings (SSSR count). The van der Waals surface area contributed by atoms with Gasteiger partial charge in [-0.05, 0) is 48.7 Å². The summed E-state index contributed by atoms with van der Waals surface area (Å²) in [6, 6.07) is 21.6. The van der Waals surface area contributed by atoms with E-state index in [0.29, 0.717) is 23.5 Å². The van der Waals surface area contributed by atoms with Crippen molar-refractivity contribution < 1.29 is 22.7 Å². The third-order valence-electron chi connectivity index (χ3n) is 6.07. The normalized spacial score (nSPS) is 15.2. The maximum Gasteiger partial charge on any atom is 0.263 e. The number of carbonyl (C=O) groups is 2. The molecule has 1 N–H and O–H groups in total. The highest BCUT2D eigenvalue weighted by Crippen LogP contribution is 2.33. The Morgan fingerprint density at radius 3 is 2.47 bits per heavy atom. The molecule has 0 aliphatic carbocycles. The summed E-state index contributed by atoms with van der Waals surface area (Å²) in [7, 11) is -2.52. The van der Waals surface area contributed by atoms with Gasteiger partial charge in [-0.15, -0.1) is 0 Å². The maximum atomic E-state index is 13.4. The molecular formula is C27H29N3O5S. The minimum absolute atomic E-state index is 0.0339. The van der Waals surface area contributed by atoms with E-state index in [0.717, 1.165) is 15.4 Å². The number of likely N-dealkylation sites (N-methyl/N-ethyl adjacent to an activating group) is 1. The van der Waals surface area contributed by atoms with Gasteiger partial charge in [-0.1, -0.05) is 54.6 Å². The van der Waals surface area contributed by atoms with E-state index in [1.165, 1.54) is 11.9 Å². The largest absolute Gasteiger partial charge is 0.477 e.